The number of ether oxygens (including phenoxy) is 3. The first-order valence-electron chi connectivity index (χ1n) is 12.2. The molecule has 3 rings (SSSR count). The van der Waals surface area contributed by atoms with Crippen molar-refractivity contribution in [2.45, 2.75) is 70.8 Å². The van der Waals surface area contributed by atoms with Crippen LogP contribution in [0, 0.1) is 0 Å². The second-order valence-electron chi connectivity index (χ2n) is 8.59. The highest BCUT2D eigenvalue weighted by Gasteiger charge is 2.23. The van der Waals surface area contributed by atoms with Gasteiger partial charge in [-0.3, -0.25) is 4.79 Å². The van der Waals surface area contributed by atoms with Gasteiger partial charge in [0.2, 0.25) is 0 Å². The van der Waals surface area contributed by atoms with Gasteiger partial charge >= 0.3 is 5.97 Å². The van der Waals surface area contributed by atoms with Crippen molar-refractivity contribution in [2.75, 3.05) is 20.3 Å². The van der Waals surface area contributed by atoms with Gasteiger partial charge in [-0.15, -0.1) is 0 Å². The van der Waals surface area contributed by atoms with Gasteiger partial charge in [0.1, 0.15) is 5.75 Å². The molecule has 0 saturated heterocycles. The number of carbonyl (C=O) groups is 2. The first-order chi connectivity index (χ1) is 16.1. The van der Waals surface area contributed by atoms with Crippen LogP contribution in [0.25, 0.3) is 0 Å². The molecule has 1 atom stereocenters. The lowest BCUT2D eigenvalue weighted by Crippen LogP contribution is -2.28. The number of hydrogen-bond donors (Lipinski definition) is 0. The van der Waals surface area contributed by atoms with Crippen molar-refractivity contribution in [3.8, 4) is 5.75 Å². The number of fused-ring (bicyclic) bond motifs is 1. The van der Waals surface area contributed by atoms with E-state index < -0.39 is 6.10 Å². The van der Waals surface area contributed by atoms with Gasteiger partial charge in [-0.05, 0) is 48.4 Å². The van der Waals surface area contributed by atoms with Crippen LogP contribution in [0.1, 0.15) is 72.5 Å². The van der Waals surface area contributed by atoms with Crippen molar-refractivity contribution in [3.63, 3.8) is 0 Å². The Morgan fingerprint density at radius 2 is 1.82 bits per heavy atom. The van der Waals surface area contributed by atoms with Gasteiger partial charge in [-0.2, -0.15) is 0 Å². The Bertz CT molecular complexity index is 906. The summed E-state index contributed by atoms with van der Waals surface area (Å²) >= 11 is 0. The van der Waals surface area contributed by atoms with Crippen LogP contribution in [0.2, 0.25) is 0 Å². The van der Waals surface area contributed by atoms with E-state index in [4.69, 9.17) is 14.2 Å². The van der Waals surface area contributed by atoms with Gasteiger partial charge in [-0.25, -0.2) is 4.79 Å². The fraction of sp³-hybridized carbons (Fsp3) is 0.500. The third-order valence-electron chi connectivity index (χ3n) is 6.12. The molecule has 178 valence electrons. The van der Waals surface area contributed by atoms with Crippen molar-refractivity contribution in [1.82, 2.24) is 0 Å². The third kappa shape index (κ3) is 7.16. The Balaban J connectivity index is 1.43. The summed E-state index contributed by atoms with van der Waals surface area (Å²) < 4.78 is 16.7. The maximum absolute atomic E-state index is 12.2. The van der Waals surface area contributed by atoms with Gasteiger partial charge in [-0.1, -0.05) is 62.6 Å². The molecule has 0 aromatic heterocycles. The summed E-state index contributed by atoms with van der Waals surface area (Å²) in [6, 6.07) is 13.9. The average molecular weight is 453 g/mol. The van der Waals surface area contributed by atoms with E-state index in [1.807, 2.05) is 36.4 Å². The van der Waals surface area contributed by atoms with Crippen LogP contribution in [-0.4, -0.2) is 38.2 Å². The number of rotatable bonds is 13. The minimum Gasteiger partial charge on any atom is -0.492 e. The van der Waals surface area contributed by atoms with Crippen LogP contribution >= 0.6 is 0 Å². The first-order valence-corrected chi connectivity index (χ1v) is 12.2. The van der Waals surface area contributed by atoms with E-state index in [1.54, 1.807) is 0 Å². The van der Waals surface area contributed by atoms with E-state index >= 15 is 0 Å². The molecule has 1 aliphatic heterocycles. The SMILES string of the molecule is CCCc1c(CCCCCCOC(Cc2ccccc2)C(=O)OC)ccc2c1OCCC2=O. The number of ketones is 1. The smallest absolute Gasteiger partial charge is 0.335 e. The molecule has 0 N–H and O–H groups in total. The zero-order valence-corrected chi connectivity index (χ0v) is 19.9. The van der Waals surface area contributed by atoms with Gasteiger partial charge in [0.05, 0.1) is 19.3 Å². The maximum Gasteiger partial charge on any atom is 0.335 e. The number of esters is 1. The van der Waals surface area contributed by atoms with E-state index in [1.165, 1.54) is 18.2 Å². The zero-order valence-electron chi connectivity index (χ0n) is 19.9. The highest BCUT2D eigenvalue weighted by Crippen LogP contribution is 2.33. The van der Waals surface area contributed by atoms with Gasteiger partial charge in [0, 0.05) is 19.4 Å². The molecule has 1 heterocycles. The Labute approximate surface area is 197 Å². The van der Waals surface area contributed by atoms with Gasteiger partial charge in [0.15, 0.2) is 11.9 Å². The fourth-order valence-electron chi connectivity index (χ4n) is 4.36. The van der Waals surface area contributed by atoms with Gasteiger partial charge in [0.25, 0.3) is 0 Å². The second-order valence-corrected chi connectivity index (χ2v) is 8.59. The summed E-state index contributed by atoms with van der Waals surface area (Å²) in [5, 5.41) is 0. The second kappa shape index (κ2) is 13.1. The summed E-state index contributed by atoms with van der Waals surface area (Å²) in [6.07, 6.45) is 7.51. The highest BCUT2D eigenvalue weighted by molar-refractivity contribution is 6.00. The van der Waals surface area contributed by atoms with Crippen LogP contribution < -0.4 is 4.74 Å². The molecule has 33 heavy (non-hydrogen) atoms. The Morgan fingerprint density at radius 1 is 1.03 bits per heavy atom. The normalized spacial score (nSPS) is 13.8. The Morgan fingerprint density at radius 3 is 2.58 bits per heavy atom. The summed E-state index contributed by atoms with van der Waals surface area (Å²) in [6.45, 7) is 3.19. The molecule has 2 aromatic rings. The fourth-order valence-corrected chi connectivity index (χ4v) is 4.36. The molecule has 0 aliphatic carbocycles. The standard InChI is InChI=1S/C28H36O5/c1-3-11-23-22(15-16-24-25(29)17-19-33-27(23)24)14-9-4-5-10-18-32-26(28(30)31-2)20-21-12-7-6-8-13-21/h6-8,12-13,15-16,26H,3-5,9-11,14,17-20H2,1-2H3. The minimum absolute atomic E-state index is 0.192. The molecule has 1 aliphatic rings. The predicted octanol–water partition coefficient (Wildman–Crippen LogP) is 5.51. The minimum atomic E-state index is -0.563. The van der Waals surface area contributed by atoms with Crippen molar-refractivity contribution in [2.24, 2.45) is 0 Å². The Kier molecular flexibility index (Phi) is 9.95. The summed E-state index contributed by atoms with van der Waals surface area (Å²) in [5.41, 5.74) is 4.33. The number of hydrogen-bond acceptors (Lipinski definition) is 5. The van der Waals surface area contributed by atoms with Crippen molar-refractivity contribution < 1.29 is 23.8 Å². The number of aryl methyl sites for hydroxylation is 1. The summed E-state index contributed by atoms with van der Waals surface area (Å²) in [5.74, 6) is 0.694. The van der Waals surface area contributed by atoms with Crippen molar-refractivity contribution in [1.29, 1.82) is 0 Å². The molecule has 5 heteroatoms. The van der Waals surface area contributed by atoms with E-state index in [9.17, 15) is 9.59 Å². The van der Waals surface area contributed by atoms with Crippen LogP contribution in [0.15, 0.2) is 42.5 Å². The lowest BCUT2D eigenvalue weighted by molar-refractivity contribution is -0.154. The quantitative estimate of drug-likeness (QED) is 0.296. The average Bonchev–Trinajstić information content (AvgIpc) is 2.84. The lowest BCUT2D eigenvalue weighted by atomic mass is 9.92. The predicted molar refractivity (Wildman–Crippen MR) is 129 cm³/mol. The van der Waals surface area contributed by atoms with Crippen LogP contribution in [0.3, 0.4) is 0 Å². The lowest BCUT2D eigenvalue weighted by Gasteiger charge is -2.22. The molecule has 0 bridgehead atoms. The molecule has 1 unspecified atom stereocenters. The van der Waals surface area contributed by atoms with Crippen LogP contribution in [0.4, 0.5) is 0 Å². The zero-order chi connectivity index (χ0) is 23.5. The molecule has 0 fully saturated rings. The first kappa shape index (κ1) is 25.0. The number of unbranched alkanes of at least 4 members (excludes halogenated alkanes) is 3. The largest absolute Gasteiger partial charge is 0.492 e. The van der Waals surface area contributed by atoms with E-state index in [2.05, 4.69) is 13.0 Å². The van der Waals surface area contributed by atoms with E-state index in [0.29, 0.717) is 26.1 Å². The molecular formula is C28H36O5. The molecular weight excluding hydrogens is 416 g/mol. The van der Waals surface area contributed by atoms with Gasteiger partial charge < -0.3 is 14.2 Å². The number of methoxy groups -OCH3 is 1. The maximum atomic E-state index is 12.2. The van der Waals surface area contributed by atoms with Crippen molar-refractivity contribution in [3.05, 3.63) is 64.7 Å². The third-order valence-corrected chi connectivity index (χ3v) is 6.12. The number of Topliss-reactive ketones (excluding diaryl/α,β-unsaturated/α-hetero) is 1. The monoisotopic (exact) mass is 452 g/mol. The number of carbonyl (C=O) groups excluding carboxylic acids is 2. The van der Waals surface area contributed by atoms with E-state index in [0.717, 1.165) is 61.8 Å². The Hall–Kier alpha value is -2.66. The molecule has 0 radical (unpaired) electrons. The van der Waals surface area contributed by atoms with Crippen LogP contribution in [-0.2, 0) is 33.5 Å². The highest BCUT2D eigenvalue weighted by atomic mass is 16.6. The summed E-state index contributed by atoms with van der Waals surface area (Å²) in [7, 11) is 1.40. The van der Waals surface area contributed by atoms with E-state index in [-0.39, 0.29) is 11.8 Å². The molecule has 0 spiro atoms. The summed E-state index contributed by atoms with van der Waals surface area (Å²) in [4.78, 5) is 24.3. The molecule has 2 aromatic carbocycles. The molecule has 0 amide bonds. The molecule has 5 nitrogen and oxygen atoms in total. The van der Waals surface area contributed by atoms with Crippen molar-refractivity contribution >= 4 is 11.8 Å². The number of benzene rings is 2. The van der Waals surface area contributed by atoms with Crippen LogP contribution in [0.5, 0.6) is 5.75 Å². The molecule has 0 saturated carbocycles. The topological polar surface area (TPSA) is 61.8 Å².